The van der Waals surface area contributed by atoms with Crippen LogP contribution in [0.1, 0.15) is 17.5 Å². The molecule has 2 atom stereocenters. The molecular formula is C21H23NO5. The smallest absolute Gasteiger partial charge is 0.410 e. The molecular weight excluding hydrogens is 346 g/mol. The van der Waals surface area contributed by atoms with Gasteiger partial charge in [0.15, 0.2) is 0 Å². The molecule has 1 heterocycles. The number of hydrogen-bond donors (Lipinski definition) is 0. The molecule has 0 spiro atoms. The molecule has 6 heteroatoms. The van der Waals surface area contributed by atoms with Gasteiger partial charge in [0, 0.05) is 6.42 Å². The number of nitrogens with zero attached hydrogens (tertiary/aromatic N) is 1. The van der Waals surface area contributed by atoms with Gasteiger partial charge in [-0.1, -0.05) is 60.7 Å². The van der Waals surface area contributed by atoms with Crippen LogP contribution in [-0.4, -0.2) is 42.8 Å². The SMILES string of the molecule is COC(=O)[C@@H]1C[C@@H](OCc2ccccc2)CN1C(=O)OCc1ccccc1. The Bertz CT molecular complexity index is 750. The molecule has 1 fully saturated rings. The average Bonchev–Trinajstić information content (AvgIpc) is 3.16. The van der Waals surface area contributed by atoms with Crippen LogP contribution in [0.4, 0.5) is 4.79 Å². The number of hydrogen-bond acceptors (Lipinski definition) is 5. The van der Waals surface area contributed by atoms with Crippen molar-refractivity contribution in [3.05, 3.63) is 71.8 Å². The molecule has 1 saturated heterocycles. The molecule has 2 aromatic rings. The van der Waals surface area contributed by atoms with Crippen molar-refractivity contribution >= 4 is 12.1 Å². The van der Waals surface area contributed by atoms with Crippen molar-refractivity contribution in [1.82, 2.24) is 4.90 Å². The Balaban J connectivity index is 1.59. The van der Waals surface area contributed by atoms with Crippen LogP contribution in [0.5, 0.6) is 0 Å². The lowest BCUT2D eigenvalue weighted by Gasteiger charge is -2.21. The first-order valence-electron chi connectivity index (χ1n) is 8.88. The summed E-state index contributed by atoms with van der Waals surface area (Å²) in [4.78, 5) is 26.0. The van der Waals surface area contributed by atoms with E-state index in [2.05, 4.69) is 0 Å². The van der Waals surface area contributed by atoms with Gasteiger partial charge in [-0.2, -0.15) is 0 Å². The van der Waals surface area contributed by atoms with Crippen LogP contribution in [0.15, 0.2) is 60.7 Å². The van der Waals surface area contributed by atoms with Gasteiger partial charge >= 0.3 is 12.1 Å². The number of carbonyl (C=O) groups excluding carboxylic acids is 2. The maximum atomic E-state index is 12.5. The summed E-state index contributed by atoms with van der Waals surface area (Å²) in [5.41, 5.74) is 1.92. The first kappa shape index (κ1) is 18.9. The zero-order valence-corrected chi connectivity index (χ0v) is 15.2. The molecule has 27 heavy (non-hydrogen) atoms. The van der Waals surface area contributed by atoms with E-state index in [1.54, 1.807) is 0 Å². The Morgan fingerprint density at radius 1 is 0.963 bits per heavy atom. The number of ether oxygens (including phenoxy) is 3. The number of rotatable bonds is 6. The van der Waals surface area contributed by atoms with E-state index in [0.29, 0.717) is 19.6 Å². The first-order chi connectivity index (χ1) is 13.2. The summed E-state index contributed by atoms with van der Waals surface area (Å²) in [5, 5.41) is 0. The maximum Gasteiger partial charge on any atom is 0.410 e. The minimum atomic E-state index is -0.695. The first-order valence-corrected chi connectivity index (χ1v) is 8.88. The van der Waals surface area contributed by atoms with Gasteiger partial charge in [0.25, 0.3) is 0 Å². The molecule has 1 amide bonds. The molecule has 0 aromatic heterocycles. The van der Waals surface area contributed by atoms with E-state index in [9.17, 15) is 9.59 Å². The second kappa shape index (κ2) is 9.19. The van der Waals surface area contributed by atoms with Crippen LogP contribution in [0, 0.1) is 0 Å². The van der Waals surface area contributed by atoms with E-state index in [4.69, 9.17) is 14.2 Å². The highest BCUT2D eigenvalue weighted by Gasteiger charge is 2.41. The van der Waals surface area contributed by atoms with Crippen molar-refractivity contribution < 1.29 is 23.8 Å². The predicted molar refractivity (Wildman–Crippen MR) is 98.8 cm³/mol. The third kappa shape index (κ3) is 5.08. The molecule has 0 N–H and O–H groups in total. The van der Waals surface area contributed by atoms with Crippen molar-refractivity contribution in [2.24, 2.45) is 0 Å². The number of benzene rings is 2. The Kier molecular flexibility index (Phi) is 6.44. The third-order valence-electron chi connectivity index (χ3n) is 4.50. The number of carbonyl (C=O) groups is 2. The molecule has 6 nitrogen and oxygen atoms in total. The summed E-state index contributed by atoms with van der Waals surface area (Å²) in [6.07, 6.45) is -0.404. The summed E-state index contributed by atoms with van der Waals surface area (Å²) in [6, 6.07) is 18.5. The fourth-order valence-electron chi connectivity index (χ4n) is 3.07. The minimum Gasteiger partial charge on any atom is -0.467 e. The van der Waals surface area contributed by atoms with E-state index < -0.39 is 18.1 Å². The van der Waals surface area contributed by atoms with Crippen molar-refractivity contribution in [2.45, 2.75) is 31.8 Å². The van der Waals surface area contributed by atoms with Crippen molar-refractivity contribution in [1.29, 1.82) is 0 Å². The molecule has 0 aliphatic carbocycles. The second-order valence-electron chi connectivity index (χ2n) is 6.39. The van der Waals surface area contributed by atoms with Crippen LogP contribution in [0.2, 0.25) is 0 Å². The summed E-state index contributed by atoms with van der Waals surface area (Å²) < 4.78 is 16.1. The molecule has 1 aliphatic rings. The standard InChI is InChI=1S/C21H23NO5/c1-25-20(23)19-12-18(26-14-16-8-4-2-5-9-16)13-22(19)21(24)27-15-17-10-6-3-7-11-17/h2-11,18-19H,12-15H2,1H3/t18-,19+/m1/s1. The molecule has 2 aromatic carbocycles. The van der Waals surface area contributed by atoms with E-state index in [1.807, 2.05) is 60.7 Å². The highest BCUT2D eigenvalue weighted by atomic mass is 16.6. The van der Waals surface area contributed by atoms with Gasteiger partial charge in [0.2, 0.25) is 0 Å². The van der Waals surface area contributed by atoms with Crippen LogP contribution in [0.25, 0.3) is 0 Å². The molecule has 0 saturated carbocycles. The van der Waals surface area contributed by atoms with Crippen LogP contribution in [0.3, 0.4) is 0 Å². The van der Waals surface area contributed by atoms with E-state index in [-0.39, 0.29) is 12.7 Å². The Hall–Kier alpha value is -2.86. The fourth-order valence-corrected chi connectivity index (χ4v) is 3.07. The molecule has 142 valence electrons. The second-order valence-corrected chi connectivity index (χ2v) is 6.39. The van der Waals surface area contributed by atoms with Gasteiger partial charge < -0.3 is 14.2 Å². The van der Waals surface area contributed by atoms with E-state index >= 15 is 0 Å². The Morgan fingerprint density at radius 2 is 1.56 bits per heavy atom. The van der Waals surface area contributed by atoms with Crippen molar-refractivity contribution in [2.75, 3.05) is 13.7 Å². The summed E-state index contributed by atoms with van der Waals surface area (Å²) >= 11 is 0. The highest BCUT2D eigenvalue weighted by molar-refractivity contribution is 5.82. The molecule has 1 aliphatic heterocycles. The maximum absolute atomic E-state index is 12.5. The van der Waals surface area contributed by atoms with E-state index in [1.165, 1.54) is 12.0 Å². The summed E-state index contributed by atoms with van der Waals surface area (Å²) in [5.74, 6) is -0.461. The molecule has 3 rings (SSSR count). The third-order valence-corrected chi connectivity index (χ3v) is 4.50. The van der Waals surface area contributed by atoms with Gasteiger partial charge in [-0.15, -0.1) is 0 Å². The molecule has 0 radical (unpaired) electrons. The highest BCUT2D eigenvalue weighted by Crippen LogP contribution is 2.24. The zero-order chi connectivity index (χ0) is 19.1. The van der Waals surface area contributed by atoms with Gasteiger partial charge in [0.1, 0.15) is 12.6 Å². The monoisotopic (exact) mass is 369 g/mol. The Labute approximate surface area is 158 Å². The largest absolute Gasteiger partial charge is 0.467 e. The topological polar surface area (TPSA) is 65.1 Å². The van der Waals surface area contributed by atoms with Gasteiger partial charge in [0.05, 0.1) is 26.4 Å². The van der Waals surface area contributed by atoms with Crippen LogP contribution < -0.4 is 0 Å². The zero-order valence-electron chi connectivity index (χ0n) is 15.2. The quantitative estimate of drug-likeness (QED) is 0.732. The normalized spacial score (nSPS) is 18.9. The number of methoxy groups -OCH3 is 1. The molecule has 0 bridgehead atoms. The predicted octanol–water partition coefficient (Wildman–Crippen LogP) is 3.16. The van der Waals surface area contributed by atoms with Crippen LogP contribution in [-0.2, 0) is 32.2 Å². The van der Waals surface area contributed by atoms with Crippen molar-refractivity contribution in [3.63, 3.8) is 0 Å². The lowest BCUT2D eigenvalue weighted by atomic mass is 10.2. The van der Waals surface area contributed by atoms with Gasteiger partial charge in [-0.25, -0.2) is 9.59 Å². The number of likely N-dealkylation sites (tertiary alicyclic amines) is 1. The lowest BCUT2D eigenvalue weighted by molar-refractivity contribution is -0.145. The fraction of sp³-hybridized carbons (Fsp3) is 0.333. The Morgan fingerprint density at radius 3 is 2.15 bits per heavy atom. The summed E-state index contributed by atoms with van der Waals surface area (Å²) in [7, 11) is 1.31. The average molecular weight is 369 g/mol. The number of esters is 1. The molecule has 0 unspecified atom stereocenters. The van der Waals surface area contributed by atoms with E-state index in [0.717, 1.165) is 11.1 Å². The van der Waals surface area contributed by atoms with Gasteiger partial charge in [-0.3, -0.25) is 4.90 Å². The van der Waals surface area contributed by atoms with Gasteiger partial charge in [-0.05, 0) is 11.1 Å². The van der Waals surface area contributed by atoms with Crippen LogP contribution >= 0.6 is 0 Å². The lowest BCUT2D eigenvalue weighted by Crippen LogP contribution is -2.41. The summed E-state index contributed by atoms with van der Waals surface area (Å²) in [6.45, 7) is 0.867. The van der Waals surface area contributed by atoms with Crippen molar-refractivity contribution in [3.8, 4) is 0 Å². The number of amides is 1. The minimum absolute atomic E-state index is 0.152.